The zero-order valence-corrected chi connectivity index (χ0v) is 16.8. The van der Waals surface area contributed by atoms with Crippen molar-refractivity contribution in [3.63, 3.8) is 0 Å². The van der Waals surface area contributed by atoms with Crippen molar-refractivity contribution in [1.82, 2.24) is 25.4 Å². The fourth-order valence-corrected chi connectivity index (χ4v) is 3.72. The molecule has 1 fully saturated rings. The van der Waals surface area contributed by atoms with Gasteiger partial charge in [-0.3, -0.25) is 14.7 Å². The number of H-pyrrole nitrogens is 1. The standard InChI is InChI=1S/C18H21ClN6O2.ClH/c19-12-3-4-15(21-8-12)22-17(26)11-2-1-7-25(10-11)18(27)16-13-9-20-6-5-14(13)23-24-16;/h3-4,8,11,20H,1-2,5-7,9-10H2,(H,23,24)(H,21,22,26);1H. The summed E-state index contributed by atoms with van der Waals surface area (Å²) in [6, 6.07) is 3.34. The number of hydrogen-bond acceptors (Lipinski definition) is 5. The van der Waals surface area contributed by atoms with Gasteiger partial charge in [-0.2, -0.15) is 5.10 Å². The highest BCUT2D eigenvalue weighted by Gasteiger charge is 2.32. The lowest BCUT2D eigenvalue weighted by Gasteiger charge is -2.31. The smallest absolute Gasteiger partial charge is 0.274 e. The number of carbonyl (C=O) groups excluding carboxylic acids is 2. The van der Waals surface area contributed by atoms with Crippen molar-refractivity contribution in [3.05, 3.63) is 40.3 Å². The molecular weight excluding hydrogens is 403 g/mol. The summed E-state index contributed by atoms with van der Waals surface area (Å²) >= 11 is 5.82. The van der Waals surface area contributed by atoms with E-state index in [4.69, 9.17) is 11.6 Å². The maximum atomic E-state index is 13.0. The van der Waals surface area contributed by atoms with E-state index in [0.717, 1.165) is 37.1 Å². The normalized spacial score (nSPS) is 18.8. The Morgan fingerprint density at radius 2 is 2.18 bits per heavy atom. The summed E-state index contributed by atoms with van der Waals surface area (Å²) in [5, 5.41) is 13.8. The van der Waals surface area contributed by atoms with Crippen LogP contribution >= 0.6 is 24.0 Å². The number of piperidine rings is 1. The largest absolute Gasteiger partial charge is 0.336 e. The van der Waals surface area contributed by atoms with Gasteiger partial charge in [0, 0.05) is 50.1 Å². The van der Waals surface area contributed by atoms with Crippen molar-refractivity contribution < 1.29 is 9.59 Å². The average Bonchev–Trinajstić information content (AvgIpc) is 3.13. The van der Waals surface area contributed by atoms with E-state index in [1.807, 2.05) is 0 Å². The number of pyridine rings is 1. The van der Waals surface area contributed by atoms with E-state index in [0.29, 0.717) is 36.2 Å². The number of aromatic nitrogens is 3. The molecule has 1 saturated heterocycles. The zero-order valence-electron chi connectivity index (χ0n) is 15.2. The van der Waals surface area contributed by atoms with Crippen molar-refractivity contribution in [2.75, 3.05) is 25.0 Å². The number of rotatable bonds is 3. The molecule has 0 radical (unpaired) electrons. The molecule has 28 heavy (non-hydrogen) atoms. The van der Waals surface area contributed by atoms with Crippen LogP contribution in [0.2, 0.25) is 5.02 Å². The predicted octanol–water partition coefficient (Wildman–Crippen LogP) is 2.02. The van der Waals surface area contributed by atoms with Gasteiger partial charge in [-0.05, 0) is 25.0 Å². The maximum Gasteiger partial charge on any atom is 0.274 e. The van der Waals surface area contributed by atoms with Crippen molar-refractivity contribution in [2.45, 2.75) is 25.8 Å². The summed E-state index contributed by atoms with van der Waals surface area (Å²) in [5.74, 6) is -0.0558. The maximum absolute atomic E-state index is 13.0. The minimum absolute atomic E-state index is 0. The Morgan fingerprint density at radius 1 is 1.32 bits per heavy atom. The molecule has 3 N–H and O–H groups in total. The molecule has 2 aromatic heterocycles. The van der Waals surface area contributed by atoms with Crippen LogP contribution in [-0.4, -0.2) is 51.5 Å². The Labute approximate surface area is 173 Å². The van der Waals surface area contributed by atoms with Gasteiger partial charge < -0.3 is 15.5 Å². The van der Waals surface area contributed by atoms with Gasteiger partial charge >= 0.3 is 0 Å². The number of halogens is 2. The topological polar surface area (TPSA) is 103 Å². The molecule has 8 nitrogen and oxygen atoms in total. The number of amides is 2. The monoisotopic (exact) mass is 424 g/mol. The Bertz CT molecular complexity index is 854. The summed E-state index contributed by atoms with van der Waals surface area (Å²) in [7, 11) is 0. The first kappa shape index (κ1) is 20.6. The third kappa shape index (κ3) is 4.29. The van der Waals surface area contributed by atoms with Gasteiger partial charge in [0.15, 0.2) is 5.69 Å². The second kappa shape index (κ2) is 8.89. The minimum atomic E-state index is -0.270. The average molecular weight is 425 g/mol. The van der Waals surface area contributed by atoms with Crippen molar-refractivity contribution >= 4 is 41.6 Å². The number of hydrogen-bond donors (Lipinski definition) is 3. The first-order valence-electron chi connectivity index (χ1n) is 9.10. The number of carbonyl (C=O) groups is 2. The first-order chi connectivity index (χ1) is 13.1. The second-order valence-corrected chi connectivity index (χ2v) is 7.33. The fourth-order valence-electron chi connectivity index (χ4n) is 3.61. The molecule has 0 saturated carbocycles. The number of fused-ring (bicyclic) bond motifs is 1. The number of likely N-dealkylation sites (tertiary alicyclic amines) is 1. The molecule has 1 atom stereocenters. The SMILES string of the molecule is Cl.O=C(Nc1ccc(Cl)cn1)C1CCCN(C(=O)c2n[nH]c3c2CNCC3)C1. The number of anilines is 1. The first-order valence-corrected chi connectivity index (χ1v) is 9.48. The van der Waals surface area contributed by atoms with Gasteiger partial charge in [0.05, 0.1) is 10.9 Å². The van der Waals surface area contributed by atoms with E-state index in [1.54, 1.807) is 17.0 Å². The van der Waals surface area contributed by atoms with Crippen LogP contribution in [0.4, 0.5) is 5.82 Å². The van der Waals surface area contributed by atoms with E-state index < -0.39 is 0 Å². The van der Waals surface area contributed by atoms with Crippen LogP contribution in [0.1, 0.15) is 34.6 Å². The third-order valence-electron chi connectivity index (χ3n) is 5.07. The van der Waals surface area contributed by atoms with Gasteiger partial charge in [-0.1, -0.05) is 11.6 Å². The highest BCUT2D eigenvalue weighted by Crippen LogP contribution is 2.23. The van der Waals surface area contributed by atoms with E-state index >= 15 is 0 Å². The Morgan fingerprint density at radius 3 is 2.96 bits per heavy atom. The van der Waals surface area contributed by atoms with Crippen LogP contribution in [0.3, 0.4) is 0 Å². The molecular formula is C18H22Cl2N6O2. The Balaban J connectivity index is 0.00000225. The predicted molar refractivity (Wildman–Crippen MR) is 108 cm³/mol. The van der Waals surface area contributed by atoms with Gasteiger partial charge in [0.1, 0.15) is 5.82 Å². The highest BCUT2D eigenvalue weighted by molar-refractivity contribution is 6.30. The number of nitrogens with one attached hydrogen (secondary N) is 3. The summed E-state index contributed by atoms with van der Waals surface area (Å²) in [6.07, 6.45) is 3.85. The van der Waals surface area contributed by atoms with Gasteiger partial charge in [-0.15, -0.1) is 12.4 Å². The molecule has 1 unspecified atom stereocenters. The van der Waals surface area contributed by atoms with Gasteiger partial charge in [0.2, 0.25) is 5.91 Å². The summed E-state index contributed by atoms with van der Waals surface area (Å²) in [5.41, 5.74) is 2.44. The lowest BCUT2D eigenvalue weighted by molar-refractivity contribution is -0.121. The summed E-state index contributed by atoms with van der Waals surface area (Å²) in [6.45, 7) is 2.55. The van der Waals surface area contributed by atoms with Gasteiger partial charge in [-0.25, -0.2) is 4.98 Å². The minimum Gasteiger partial charge on any atom is -0.336 e. The van der Waals surface area contributed by atoms with Gasteiger partial charge in [0.25, 0.3) is 5.91 Å². The van der Waals surface area contributed by atoms with E-state index in [9.17, 15) is 9.59 Å². The molecule has 4 heterocycles. The lowest BCUT2D eigenvalue weighted by Crippen LogP contribution is -2.44. The number of aromatic amines is 1. The second-order valence-electron chi connectivity index (χ2n) is 6.90. The molecule has 2 aromatic rings. The van der Waals surface area contributed by atoms with Crippen molar-refractivity contribution in [1.29, 1.82) is 0 Å². The molecule has 10 heteroatoms. The van der Waals surface area contributed by atoms with Crippen LogP contribution in [0.15, 0.2) is 18.3 Å². The molecule has 0 aromatic carbocycles. The molecule has 0 aliphatic carbocycles. The molecule has 2 amide bonds. The van der Waals surface area contributed by atoms with Crippen molar-refractivity contribution in [2.24, 2.45) is 5.92 Å². The van der Waals surface area contributed by atoms with Crippen molar-refractivity contribution in [3.8, 4) is 0 Å². The van der Waals surface area contributed by atoms with E-state index in [2.05, 4.69) is 25.8 Å². The van der Waals surface area contributed by atoms with E-state index in [-0.39, 0.29) is 30.1 Å². The van der Waals surface area contributed by atoms with Crippen LogP contribution in [0.25, 0.3) is 0 Å². The molecule has 0 bridgehead atoms. The van der Waals surface area contributed by atoms with Crippen LogP contribution in [0.5, 0.6) is 0 Å². The molecule has 4 rings (SSSR count). The van der Waals surface area contributed by atoms with Crippen LogP contribution < -0.4 is 10.6 Å². The third-order valence-corrected chi connectivity index (χ3v) is 5.29. The molecule has 150 valence electrons. The summed E-state index contributed by atoms with van der Waals surface area (Å²) in [4.78, 5) is 31.4. The van der Waals surface area contributed by atoms with E-state index in [1.165, 1.54) is 6.20 Å². The quantitative estimate of drug-likeness (QED) is 0.698. The van der Waals surface area contributed by atoms with Crippen LogP contribution in [-0.2, 0) is 17.8 Å². The zero-order chi connectivity index (χ0) is 18.8. The molecule has 2 aliphatic heterocycles. The van der Waals surface area contributed by atoms with Crippen LogP contribution in [0, 0.1) is 5.92 Å². The molecule has 0 spiro atoms. The number of nitrogens with zero attached hydrogens (tertiary/aromatic N) is 3. The highest BCUT2D eigenvalue weighted by atomic mass is 35.5. The Kier molecular flexibility index (Phi) is 6.53. The fraction of sp³-hybridized carbons (Fsp3) is 0.444. The Hall–Kier alpha value is -2.16. The summed E-state index contributed by atoms with van der Waals surface area (Å²) < 4.78 is 0. The molecule has 2 aliphatic rings. The lowest BCUT2D eigenvalue weighted by atomic mass is 9.96.